The highest BCUT2D eigenvalue weighted by atomic mass is 32.2. The van der Waals surface area contributed by atoms with Crippen molar-refractivity contribution in [2.75, 3.05) is 19.0 Å². The molecule has 0 aliphatic carbocycles. The number of aliphatic hydroxyl groups is 1. The molecule has 35 heavy (non-hydrogen) atoms. The number of carboxylic acids is 2. The first-order valence-electron chi connectivity index (χ1n) is 11.1. The number of benzene rings is 1. The van der Waals surface area contributed by atoms with Gasteiger partial charge in [-0.1, -0.05) is 13.0 Å². The lowest BCUT2D eigenvalue weighted by Crippen LogP contribution is -2.40. The Balaban J connectivity index is 1.67. The third-order valence-corrected chi connectivity index (χ3v) is 7.97. The predicted molar refractivity (Wildman–Crippen MR) is 129 cm³/mol. The summed E-state index contributed by atoms with van der Waals surface area (Å²) in [6.45, 7) is 3.69. The van der Waals surface area contributed by atoms with Gasteiger partial charge in [0.25, 0.3) is 0 Å². The first kappa shape index (κ1) is 26.6. The Labute approximate surface area is 206 Å². The fourth-order valence-corrected chi connectivity index (χ4v) is 6.09. The van der Waals surface area contributed by atoms with Crippen LogP contribution in [-0.2, 0) is 19.1 Å². The van der Waals surface area contributed by atoms with E-state index in [0.29, 0.717) is 18.7 Å². The largest absolute Gasteiger partial charge is 0.478 e. The van der Waals surface area contributed by atoms with Crippen LogP contribution in [0.2, 0.25) is 0 Å². The number of rotatable bonds is 9. The molecule has 1 saturated heterocycles. The van der Waals surface area contributed by atoms with E-state index in [2.05, 4.69) is 15.6 Å². The van der Waals surface area contributed by atoms with E-state index in [4.69, 9.17) is 9.84 Å². The van der Waals surface area contributed by atoms with Crippen molar-refractivity contribution < 1.29 is 39.2 Å². The number of nitrogens with one attached hydrogen (secondary N) is 2. The lowest BCUT2D eigenvalue weighted by atomic mass is 9.86. The average molecular weight is 508 g/mol. The summed E-state index contributed by atoms with van der Waals surface area (Å²) in [7, 11) is 1.21. The number of nitrogens with zero attached hydrogens (tertiary/aromatic N) is 1. The van der Waals surface area contributed by atoms with Crippen LogP contribution in [0.3, 0.4) is 0 Å². The summed E-state index contributed by atoms with van der Waals surface area (Å²) in [6, 6.07) is 4.65. The van der Waals surface area contributed by atoms with Gasteiger partial charge >= 0.3 is 17.9 Å². The molecule has 1 fully saturated rings. The highest BCUT2D eigenvalue weighted by Gasteiger charge is 2.48. The molecule has 2 heterocycles. The first-order chi connectivity index (χ1) is 16.5. The fourth-order valence-electron chi connectivity index (χ4n) is 4.48. The van der Waals surface area contributed by atoms with Crippen LogP contribution < -0.4 is 10.6 Å². The van der Waals surface area contributed by atoms with E-state index in [1.807, 2.05) is 0 Å². The molecule has 5 N–H and O–H groups in total. The Morgan fingerprint density at radius 2 is 1.94 bits per heavy atom. The van der Waals surface area contributed by atoms with Crippen LogP contribution in [0.4, 0.5) is 5.69 Å². The van der Waals surface area contributed by atoms with Gasteiger partial charge in [-0.2, -0.15) is 0 Å². The number of aliphatic carboxylic acids is 1. The van der Waals surface area contributed by atoms with Gasteiger partial charge in [-0.3, -0.25) is 14.6 Å². The van der Waals surface area contributed by atoms with Crippen molar-refractivity contribution in [2.45, 2.75) is 49.0 Å². The number of hydrogen-bond acceptors (Lipinski definition) is 9. The van der Waals surface area contributed by atoms with Gasteiger partial charge in [-0.05, 0) is 37.5 Å². The van der Waals surface area contributed by atoms with Gasteiger partial charge < -0.3 is 30.7 Å². The average Bonchev–Trinajstić information content (AvgIpc) is 3.40. The number of amides is 1. The number of aromatic carboxylic acids is 1. The molecule has 3 rings (SSSR count). The van der Waals surface area contributed by atoms with Crippen LogP contribution in [0.5, 0.6) is 0 Å². The molecule has 1 aromatic rings. The molecular weight excluding hydrogens is 478 g/mol. The number of anilines is 1. The van der Waals surface area contributed by atoms with Crippen LogP contribution in [0, 0.1) is 11.8 Å². The molecule has 1 aromatic carbocycles. The Hall–Kier alpha value is -2.96. The monoisotopic (exact) mass is 507 g/mol. The maximum absolute atomic E-state index is 12.7. The number of carbonyl (C=O) groups excluding carboxylic acids is 2. The number of aliphatic hydroxyl groups excluding tert-OH is 1. The third kappa shape index (κ3) is 6.00. The topological polar surface area (TPSA) is 175 Å². The van der Waals surface area contributed by atoms with Crippen LogP contribution in [-0.4, -0.2) is 87.2 Å². The first-order valence-corrected chi connectivity index (χ1v) is 12.1. The Kier molecular flexibility index (Phi) is 8.51. The number of thioether (sulfide) groups is 1. The van der Waals surface area contributed by atoms with Crippen molar-refractivity contribution >= 4 is 47.0 Å². The summed E-state index contributed by atoms with van der Waals surface area (Å²) >= 11 is 1.38. The minimum absolute atomic E-state index is 0.0586. The number of carbonyl (C=O) groups is 4. The molecule has 1 amide bonds. The van der Waals surface area contributed by atoms with E-state index in [1.54, 1.807) is 19.1 Å². The standard InChI is InChI=1S/C23H29N3O8S/c1-10-17(16(11(2)27)23(33)34-3)26-18(22(31)32)19(10)35-14-8-15(24-9-14)20(28)25-13-6-4-5-12(7-13)21(29)30/h4-7,10-11,14-17,19,24,27H,8-9H2,1-3H3,(H,25,28)(H,29,30)(H,31,32)/t10-,11-,14+,15+,16?,17-,19?/m1/s1. The van der Waals surface area contributed by atoms with Crippen molar-refractivity contribution in [3.8, 4) is 0 Å². The van der Waals surface area contributed by atoms with Gasteiger partial charge in [0.2, 0.25) is 5.91 Å². The van der Waals surface area contributed by atoms with Crippen LogP contribution in [0.1, 0.15) is 30.6 Å². The Morgan fingerprint density at radius 1 is 1.23 bits per heavy atom. The second kappa shape index (κ2) is 11.2. The van der Waals surface area contributed by atoms with Crippen LogP contribution in [0.25, 0.3) is 0 Å². The second-order valence-corrected chi connectivity index (χ2v) is 10.2. The lowest BCUT2D eigenvalue weighted by molar-refractivity contribution is -0.150. The van der Waals surface area contributed by atoms with E-state index in [1.165, 1.54) is 37.9 Å². The predicted octanol–water partition coefficient (Wildman–Crippen LogP) is 0.870. The van der Waals surface area contributed by atoms with Crippen LogP contribution in [0.15, 0.2) is 29.3 Å². The summed E-state index contributed by atoms with van der Waals surface area (Å²) in [5, 5.41) is 34.2. The molecule has 2 aliphatic rings. The van der Waals surface area contributed by atoms with Gasteiger partial charge in [0.15, 0.2) is 0 Å². The summed E-state index contributed by atoms with van der Waals surface area (Å²) in [6.07, 6.45) is -0.648. The van der Waals surface area contributed by atoms with Crippen molar-refractivity contribution in [2.24, 2.45) is 16.8 Å². The molecule has 0 saturated carbocycles. The molecule has 2 aliphatic heterocycles. The highest BCUT2D eigenvalue weighted by Crippen LogP contribution is 2.40. The number of aliphatic imine (C=N–C) groups is 1. The van der Waals surface area contributed by atoms with E-state index < -0.39 is 47.3 Å². The van der Waals surface area contributed by atoms with Gasteiger partial charge in [-0.15, -0.1) is 11.8 Å². The summed E-state index contributed by atoms with van der Waals surface area (Å²) in [5.74, 6) is -4.61. The van der Waals surface area contributed by atoms with Crippen molar-refractivity contribution in [1.82, 2.24) is 5.32 Å². The molecule has 7 atom stereocenters. The van der Waals surface area contributed by atoms with E-state index in [-0.39, 0.29) is 28.4 Å². The number of hydrogen-bond donors (Lipinski definition) is 5. The molecule has 12 heteroatoms. The molecule has 0 bridgehead atoms. The summed E-state index contributed by atoms with van der Waals surface area (Å²) < 4.78 is 4.80. The SMILES string of the molecule is COC(=O)C([C@@H](C)O)[C@@H]1N=C(C(=O)O)C(S[C@@H]2CN[C@H](C(=O)Nc3cccc(C(=O)O)c3)C2)[C@@H]1C. The van der Waals surface area contributed by atoms with E-state index in [9.17, 15) is 29.4 Å². The van der Waals surface area contributed by atoms with E-state index in [0.717, 1.165) is 0 Å². The zero-order valence-electron chi connectivity index (χ0n) is 19.5. The number of carboxylic acid groups (broad SMARTS) is 2. The van der Waals surface area contributed by atoms with Gasteiger partial charge in [0, 0.05) is 17.5 Å². The minimum atomic E-state index is -1.19. The number of ether oxygens (including phenoxy) is 1. The molecule has 0 radical (unpaired) electrons. The third-order valence-electron chi connectivity index (χ3n) is 6.28. The van der Waals surface area contributed by atoms with Gasteiger partial charge in [-0.25, -0.2) is 9.59 Å². The summed E-state index contributed by atoms with van der Waals surface area (Å²) in [4.78, 5) is 52.3. The van der Waals surface area contributed by atoms with Crippen LogP contribution >= 0.6 is 11.8 Å². The quantitative estimate of drug-likeness (QED) is 0.302. The van der Waals surface area contributed by atoms with E-state index >= 15 is 0 Å². The zero-order chi connectivity index (χ0) is 25.9. The van der Waals surface area contributed by atoms with Crippen molar-refractivity contribution in [1.29, 1.82) is 0 Å². The zero-order valence-corrected chi connectivity index (χ0v) is 20.3. The van der Waals surface area contributed by atoms with Crippen molar-refractivity contribution in [3.63, 3.8) is 0 Å². The van der Waals surface area contributed by atoms with Crippen molar-refractivity contribution in [3.05, 3.63) is 29.8 Å². The number of methoxy groups -OCH3 is 1. The van der Waals surface area contributed by atoms with Gasteiger partial charge in [0.1, 0.15) is 11.6 Å². The molecule has 0 spiro atoms. The maximum atomic E-state index is 12.7. The Bertz CT molecular complexity index is 1030. The second-order valence-electron chi connectivity index (χ2n) is 8.71. The van der Waals surface area contributed by atoms with Gasteiger partial charge in [0.05, 0.1) is 36.1 Å². The molecular formula is C23H29N3O8S. The Morgan fingerprint density at radius 3 is 2.54 bits per heavy atom. The summed E-state index contributed by atoms with van der Waals surface area (Å²) in [5.41, 5.74) is 0.358. The maximum Gasteiger partial charge on any atom is 0.350 e. The minimum Gasteiger partial charge on any atom is -0.478 e. The highest BCUT2D eigenvalue weighted by molar-refractivity contribution is 8.01. The fraction of sp³-hybridized carbons (Fsp3) is 0.522. The normalized spacial score (nSPS) is 27.5. The molecule has 190 valence electrons. The molecule has 0 aromatic heterocycles. The molecule has 2 unspecified atom stereocenters. The smallest absolute Gasteiger partial charge is 0.350 e. The molecule has 11 nitrogen and oxygen atoms in total. The lowest BCUT2D eigenvalue weighted by Gasteiger charge is -2.28. The number of esters is 1.